The number of aryl methyl sites for hydroxylation is 1. The van der Waals surface area contributed by atoms with Crippen LogP contribution in [0.4, 0.5) is 5.69 Å². The molecule has 0 spiro atoms. The Labute approximate surface area is 213 Å². The Morgan fingerprint density at radius 1 is 1.14 bits per heavy atom. The van der Waals surface area contributed by atoms with E-state index >= 15 is 0 Å². The van der Waals surface area contributed by atoms with Crippen molar-refractivity contribution >= 4 is 35.5 Å². The molecule has 1 aromatic carbocycles. The van der Waals surface area contributed by atoms with Gasteiger partial charge in [0, 0.05) is 25.8 Å². The number of esters is 1. The molecule has 0 saturated carbocycles. The molecule has 0 bridgehead atoms. The van der Waals surface area contributed by atoms with Gasteiger partial charge in [-0.2, -0.15) is 0 Å². The molecule has 1 aliphatic heterocycles. The number of carbonyl (C=O) groups is 3. The lowest BCUT2D eigenvalue weighted by Crippen LogP contribution is -2.32. The van der Waals surface area contributed by atoms with Crippen molar-refractivity contribution < 1.29 is 33.3 Å². The molecule has 1 heterocycles. The highest BCUT2D eigenvalue weighted by Gasteiger charge is 2.16. The van der Waals surface area contributed by atoms with Gasteiger partial charge in [-0.3, -0.25) is 9.59 Å². The molecule has 0 unspecified atom stereocenters. The van der Waals surface area contributed by atoms with Crippen LogP contribution in [0.2, 0.25) is 0 Å². The maximum Gasteiger partial charge on any atom is 0.308 e. The monoisotopic (exact) mass is 514 g/mol. The third-order valence-corrected chi connectivity index (χ3v) is 4.77. The third kappa shape index (κ3) is 14.6. The van der Waals surface area contributed by atoms with Crippen molar-refractivity contribution in [2.24, 2.45) is 0 Å². The minimum absolute atomic E-state index is 0.0254. The van der Waals surface area contributed by atoms with Crippen molar-refractivity contribution in [3.63, 3.8) is 0 Å². The van der Waals surface area contributed by atoms with Gasteiger partial charge in [-0.25, -0.2) is 0 Å². The molecule has 0 saturated heterocycles. The summed E-state index contributed by atoms with van der Waals surface area (Å²) >= 11 is 4.82. The van der Waals surface area contributed by atoms with Gasteiger partial charge in [0.15, 0.2) is 6.61 Å². The summed E-state index contributed by atoms with van der Waals surface area (Å²) in [4.78, 5) is 34.7. The van der Waals surface area contributed by atoms with Crippen LogP contribution in [0, 0.1) is 0 Å². The molecule has 198 valence electrons. The summed E-state index contributed by atoms with van der Waals surface area (Å²) < 4.78 is 21.6. The largest absolute Gasteiger partial charge is 0.484 e. The van der Waals surface area contributed by atoms with Crippen molar-refractivity contribution in [2.45, 2.75) is 45.6 Å². The van der Waals surface area contributed by atoms with E-state index in [1.807, 2.05) is 39.0 Å². The van der Waals surface area contributed by atoms with Gasteiger partial charge in [0.25, 0.3) is 5.91 Å². The zero-order valence-corrected chi connectivity index (χ0v) is 22.0. The summed E-state index contributed by atoms with van der Waals surface area (Å²) in [7, 11) is 2.09. The Balaban J connectivity index is 0.00000142. The summed E-state index contributed by atoms with van der Waals surface area (Å²) in [6.07, 6.45) is 3.02. The number of nitrogens with zero attached hydrogens (tertiary/aromatic N) is 1. The third-order valence-electron chi connectivity index (χ3n) is 4.65. The van der Waals surface area contributed by atoms with E-state index in [9.17, 15) is 9.59 Å². The van der Waals surface area contributed by atoms with Crippen LogP contribution in [0.5, 0.6) is 5.75 Å². The van der Waals surface area contributed by atoms with Crippen LogP contribution in [0.25, 0.3) is 0 Å². The standard InChI is InChI=1S/C23H36N2O6.C2H3ClO/c1-23(2,3)31-22(27)9-12-28-14-15-29-13-10-24-21(26)17-30-19-7-8-20-18(16-19)6-5-11-25(20)4;3-1-2-4/h7-8,16H,5-6,9-15,17H2,1-4H3,(H,24,26);2H,1H2. The summed E-state index contributed by atoms with van der Waals surface area (Å²) in [5.74, 6) is 0.358. The Morgan fingerprint density at radius 3 is 2.49 bits per heavy atom. The molecule has 9 nitrogen and oxygen atoms in total. The molecular formula is C25H39ClN2O7. The van der Waals surface area contributed by atoms with Gasteiger partial charge in [0.05, 0.1) is 38.7 Å². The fourth-order valence-electron chi connectivity index (χ4n) is 3.18. The van der Waals surface area contributed by atoms with E-state index < -0.39 is 5.60 Å². The van der Waals surface area contributed by atoms with Crippen LogP contribution >= 0.6 is 11.6 Å². The number of aldehydes is 1. The van der Waals surface area contributed by atoms with Gasteiger partial charge in [0.1, 0.15) is 17.6 Å². The van der Waals surface area contributed by atoms with E-state index in [0.29, 0.717) is 45.0 Å². The van der Waals surface area contributed by atoms with Gasteiger partial charge >= 0.3 is 5.97 Å². The number of anilines is 1. The topological polar surface area (TPSA) is 103 Å². The van der Waals surface area contributed by atoms with Crippen LogP contribution in [-0.4, -0.2) is 82.8 Å². The lowest BCUT2D eigenvalue weighted by Gasteiger charge is -2.27. The Kier molecular flexibility index (Phi) is 15.0. The summed E-state index contributed by atoms with van der Waals surface area (Å²) in [6, 6.07) is 5.97. The molecule has 1 aromatic rings. The summed E-state index contributed by atoms with van der Waals surface area (Å²) in [6.45, 7) is 8.38. The molecule has 1 aliphatic rings. The van der Waals surface area contributed by atoms with E-state index in [2.05, 4.69) is 17.3 Å². The highest BCUT2D eigenvalue weighted by Crippen LogP contribution is 2.29. The maximum atomic E-state index is 11.9. The Morgan fingerprint density at radius 2 is 1.83 bits per heavy atom. The number of halogens is 1. The molecule has 0 radical (unpaired) electrons. The Hall–Kier alpha value is -2.36. The predicted molar refractivity (Wildman–Crippen MR) is 135 cm³/mol. The second-order valence-electron chi connectivity index (χ2n) is 8.84. The number of alkyl halides is 1. The second kappa shape index (κ2) is 17.1. The first-order valence-corrected chi connectivity index (χ1v) is 12.3. The van der Waals surface area contributed by atoms with Crippen molar-refractivity contribution in [1.29, 1.82) is 0 Å². The zero-order chi connectivity index (χ0) is 26.1. The SMILES string of the molecule is CN1CCCc2cc(OCC(=O)NCCOCCOCCC(=O)OC(C)(C)C)ccc21.O=CCCl. The number of fused-ring (bicyclic) bond motifs is 1. The first-order chi connectivity index (χ1) is 16.7. The van der Waals surface area contributed by atoms with Crippen LogP contribution in [0.15, 0.2) is 18.2 Å². The zero-order valence-electron chi connectivity index (χ0n) is 21.3. The minimum Gasteiger partial charge on any atom is -0.484 e. The number of nitrogens with one attached hydrogen (secondary N) is 1. The molecule has 1 N–H and O–H groups in total. The van der Waals surface area contributed by atoms with Gasteiger partial charge in [-0.15, -0.1) is 11.6 Å². The Bertz CT molecular complexity index is 784. The number of carbonyl (C=O) groups excluding carboxylic acids is 3. The first-order valence-electron chi connectivity index (χ1n) is 11.8. The van der Waals surface area contributed by atoms with Crippen molar-refractivity contribution in [3.8, 4) is 5.75 Å². The molecular weight excluding hydrogens is 476 g/mol. The molecule has 10 heteroatoms. The van der Waals surface area contributed by atoms with Gasteiger partial charge < -0.3 is 34.0 Å². The van der Waals surface area contributed by atoms with Crippen molar-refractivity contribution in [3.05, 3.63) is 23.8 Å². The van der Waals surface area contributed by atoms with Crippen LogP contribution in [0.3, 0.4) is 0 Å². The molecule has 0 fully saturated rings. The van der Waals surface area contributed by atoms with Crippen molar-refractivity contribution in [1.82, 2.24) is 5.32 Å². The number of hydrogen-bond acceptors (Lipinski definition) is 8. The molecule has 1 amide bonds. The lowest BCUT2D eigenvalue weighted by molar-refractivity contribution is -0.156. The summed E-state index contributed by atoms with van der Waals surface area (Å²) in [5.41, 5.74) is 2.01. The smallest absolute Gasteiger partial charge is 0.308 e. The van der Waals surface area contributed by atoms with E-state index in [4.69, 9.17) is 35.3 Å². The number of benzene rings is 1. The van der Waals surface area contributed by atoms with Crippen molar-refractivity contribution in [2.75, 3.05) is 64.0 Å². The molecule has 0 atom stereocenters. The second-order valence-corrected chi connectivity index (χ2v) is 9.15. The van der Waals surface area contributed by atoms with E-state index in [1.165, 1.54) is 11.3 Å². The number of ether oxygens (including phenoxy) is 4. The van der Waals surface area contributed by atoms with E-state index in [0.717, 1.165) is 19.4 Å². The van der Waals surface area contributed by atoms with Crippen LogP contribution < -0.4 is 15.0 Å². The summed E-state index contributed by atoms with van der Waals surface area (Å²) in [5, 5.41) is 2.76. The van der Waals surface area contributed by atoms with Crippen LogP contribution in [-0.2, 0) is 35.0 Å². The average molecular weight is 515 g/mol. The van der Waals surface area contributed by atoms with E-state index in [1.54, 1.807) is 0 Å². The molecule has 0 aromatic heterocycles. The van der Waals surface area contributed by atoms with Gasteiger partial charge in [0.2, 0.25) is 0 Å². The average Bonchev–Trinajstić information content (AvgIpc) is 2.80. The highest BCUT2D eigenvalue weighted by atomic mass is 35.5. The quantitative estimate of drug-likeness (QED) is 0.185. The number of rotatable bonds is 13. The minimum atomic E-state index is -0.479. The lowest BCUT2D eigenvalue weighted by atomic mass is 10.0. The van der Waals surface area contributed by atoms with Gasteiger partial charge in [-0.05, 0) is 57.4 Å². The van der Waals surface area contributed by atoms with Crippen LogP contribution in [0.1, 0.15) is 39.2 Å². The number of hydrogen-bond donors (Lipinski definition) is 1. The van der Waals surface area contributed by atoms with Gasteiger partial charge in [-0.1, -0.05) is 0 Å². The molecule has 2 rings (SSSR count). The molecule has 35 heavy (non-hydrogen) atoms. The molecule has 0 aliphatic carbocycles. The maximum absolute atomic E-state index is 11.9. The number of amides is 1. The predicted octanol–water partition coefficient (Wildman–Crippen LogP) is 2.75. The first kappa shape index (κ1) is 30.7. The normalized spacial score (nSPS) is 12.7. The fraction of sp³-hybridized carbons (Fsp3) is 0.640. The van der Waals surface area contributed by atoms with E-state index in [-0.39, 0.29) is 30.8 Å². The highest BCUT2D eigenvalue weighted by molar-refractivity contribution is 6.24. The fourth-order valence-corrected chi connectivity index (χ4v) is 3.18.